The highest BCUT2D eigenvalue weighted by Crippen LogP contribution is 2.35. The lowest BCUT2D eigenvalue weighted by Crippen LogP contribution is -2.10. The van der Waals surface area contributed by atoms with Crippen molar-refractivity contribution in [2.75, 3.05) is 19.6 Å². The molecule has 2 aromatic rings. The summed E-state index contributed by atoms with van der Waals surface area (Å²) in [6.45, 7) is 1.72. The fraction of sp³-hybridized carbons (Fsp3) is 0.214. The fourth-order valence-corrected chi connectivity index (χ4v) is 2.11. The Morgan fingerprint density at radius 2 is 2.09 bits per heavy atom. The third-order valence-electron chi connectivity index (χ3n) is 2.71. The highest BCUT2D eigenvalue weighted by Gasteiger charge is 2.09. The molecular formula is C14H15ClN4O3. The molecule has 0 bridgehead atoms. The molecule has 1 heterocycles. The normalized spacial score (nSPS) is 10.7. The first-order chi connectivity index (χ1) is 10.5. The van der Waals surface area contributed by atoms with Crippen LogP contribution in [0.1, 0.15) is 11.3 Å². The van der Waals surface area contributed by atoms with E-state index in [0.717, 1.165) is 0 Å². The number of benzene rings is 1. The Morgan fingerprint density at radius 3 is 2.73 bits per heavy atom. The van der Waals surface area contributed by atoms with Crippen LogP contribution in [0.25, 0.3) is 0 Å². The molecule has 0 aliphatic heterocycles. The lowest BCUT2D eigenvalue weighted by Gasteiger charge is -2.09. The number of aromatic amines is 1. The number of hydrazone groups is 1. The summed E-state index contributed by atoms with van der Waals surface area (Å²) in [4.78, 5) is 17.9. The second kappa shape index (κ2) is 6.95. The van der Waals surface area contributed by atoms with Crippen molar-refractivity contribution in [2.45, 2.75) is 6.92 Å². The second-order valence-electron chi connectivity index (χ2n) is 4.34. The van der Waals surface area contributed by atoms with E-state index in [1.165, 1.54) is 26.5 Å². The van der Waals surface area contributed by atoms with Crippen molar-refractivity contribution in [1.82, 2.24) is 9.97 Å². The number of aromatic nitrogens is 2. The Hall–Kier alpha value is -2.54. The number of nitrogens with one attached hydrogen (secondary N) is 2. The monoisotopic (exact) mass is 322 g/mol. The zero-order valence-corrected chi connectivity index (χ0v) is 13.1. The summed E-state index contributed by atoms with van der Waals surface area (Å²) in [5, 5.41) is 4.41. The van der Waals surface area contributed by atoms with Crippen LogP contribution in [0, 0.1) is 6.92 Å². The molecule has 0 aliphatic carbocycles. The molecule has 0 aliphatic rings. The predicted molar refractivity (Wildman–Crippen MR) is 85.4 cm³/mol. The van der Waals surface area contributed by atoms with Crippen LogP contribution < -0.4 is 20.5 Å². The summed E-state index contributed by atoms with van der Waals surface area (Å²) in [7, 11) is 3.04. The van der Waals surface area contributed by atoms with Crippen molar-refractivity contribution in [3.05, 3.63) is 44.8 Å². The van der Waals surface area contributed by atoms with Gasteiger partial charge in [-0.25, -0.2) is 10.4 Å². The molecule has 1 aromatic carbocycles. The number of nitrogens with zero attached hydrogens (tertiary/aromatic N) is 2. The molecule has 0 saturated heterocycles. The molecule has 2 rings (SSSR count). The topological polar surface area (TPSA) is 88.6 Å². The summed E-state index contributed by atoms with van der Waals surface area (Å²) in [6, 6.07) is 4.80. The average molecular weight is 323 g/mol. The van der Waals surface area contributed by atoms with Crippen LogP contribution in [-0.2, 0) is 0 Å². The number of H-pyrrole nitrogens is 1. The van der Waals surface area contributed by atoms with Gasteiger partial charge in [0.1, 0.15) is 0 Å². The Kier molecular flexibility index (Phi) is 5.00. The molecule has 0 spiro atoms. The fourth-order valence-electron chi connectivity index (χ4n) is 1.81. The predicted octanol–water partition coefficient (Wildman–Crippen LogP) is 2.19. The minimum atomic E-state index is -0.251. The first-order valence-corrected chi connectivity index (χ1v) is 6.70. The third-order valence-corrected chi connectivity index (χ3v) is 2.99. The van der Waals surface area contributed by atoms with Crippen LogP contribution in [0.3, 0.4) is 0 Å². The Bertz CT molecular complexity index is 758. The number of ether oxygens (including phenoxy) is 2. The smallest absolute Gasteiger partial charge is 0.252 e. The van der Waals surface area contributed by atoms with E-state index in [2.05, 4.69) is 20.5 Å². The maximum atomic E-state index is 11.3. The Balaban J connectivity index is 2.19. The van der Waals surface area contributed by atoms with Crippen LogP contribution >= 0.6 is 11.6 Å². The van der Waals surface area contributed by atoms with E-state index < -0.39 is 0 Å². The molecule has 0 atom stereocenters. The number of halogens is 1. The molecule has 2 N–H and O–H groups in total. The van der Waals surface area contributed by atoms with Gasteiger partial charge < -0.3 is 9.47 Å². The van der Waals surface area contributed by atoms with Crippen molar-refractivity contribution >= 4 is 23.8 Å². The van der Waals surface area contributed by atoms with Gasteiger partial charge in [0.2, 0.25) is 5.95 Å². The molecule has 0 fully saturated rings. The van der Waals surface area contributed by atoms with Crippen molar-refractivity contribution < 1.29 is 9.47 Å². The van der Waals surface area contributed by atoms with Gasteiger partial charge in [0.25, 0.3) is 5.56 Å². The number of hydrogen-bond acceptors (Lipinski definition) is 6. The number of hydrogen-bond donors (Lipinski definition) is 2. The number of aryl methyl sites for hydroxylation is 1. The van der Waals surface area contributed by atoms with Crippen molar-refractivity contribution in [3.8, 4) is 11.5 Å². The molecular weight excluding hydrogens is 308 g/mol. The summed E-state index contributed by atoms with van der Waals surface area (Å²) in [6.07, 6.45) is 1.52. The summed E-state index contributed by atoms with van der Waals surface area (Å²) >= 11 is 6.10. The summed E-state index contributed by atoms with van der Waals surface area (Å²) < 4.78 is 10.4. The Morgan fingerprint density at radius 1 is 1.32 bits per heavy atom. The number of methoxy groups -OCH3 is 2. The van der Waals surface area contributed by atoms with Gasteiger partial charge >= 0.3 is 0 Å². The highest BCUT2D eigenvalue weighted by atomic mass is 35.5. The SMILES string of the molecule is COc1cc(/C=N\Nc2nc(C)cc(=O)[nH]2)cc(Cl)c1OC. The molecule has 0 saturated carbocycles. The van der Waals surface area contributed by atoms with Gasteiger partial charge in [-0.1, -0.05) is 11.6 Å². The van der Waals surface area contributed by atoms with E-state index in [1.807, 2.05) is 0 Å². The Labute approximate surface area is 131 Å². The lowest BCUT2D eigenvalue weighted by molar-refractivity contribution is 0.355. The van der Waals surface area contributed by atoms with Crippen LogP contribution in [0.2, 0.25) is 5.02 Å². The van der Waals surface area contributed by atoms with Crippen molar-refractivity contribution in [3.63, 3.8) is 0 Å². The summed E-state index contributed by atoms with van der Waals surface area (Å²) in [5.41, 5.74) is 3.69. The van der Waals surface area contributed by atoms with Gasteiger partial charge in [-0.05, 0) is 24.6 Å². The molecule has 0 unspecified atom stereocenters. The largest absolute Gasteiger partial charge is 0.493 e. The van der Waals surface area contributed by atoms with Gasteiger partial charge in [0, 0.05) is 11.8 Å². The standard InChI is InChI=1S/C14H15ClN4O3/c1-8-4-12(20)18-14(17-8)19-16-7-9-5-10(15)13(22-3)11(6-9)21-2/h4-7H,1-3H3,(H2,17,18,19,20)/b16-7-. The van der Waals surface area contributed by atoms with E-state index in [0.29, 0.717) is 27.8 Å². The molecule has 22 heavy (non-hydrogen) atoms. The third kappa shape index (κ3) is 3.76. The van der Waals surface area contributed by atoms with Gasteiger partial charge in [0.15, 0.2) is 11.5 Å². The quantitative estimate of drug-likeness (QED) is 0.650. The van der Waals surface area contributed by atoms with Crippen LogP contribution in [-0.4, -0.2) is 30.4 Å². The molecule has 8 heteroatoms. The van der Waals surface area contributed by atoms with Gasteiger partial charge in [-0.15, -0.1) is 0 Å². The van der Waals surface area contributed by atoms with E-state index in [1.54, 1.807) is 19.1 Å². The molecule has 0 amide bonds. The minimum absolute atomic E-state index is 0.251. The maximum Gasteiger partial charge on any atom is 0.252 e. The minimum Gasteiger partial charge on any atom is -0.493 e. The van der Waals surface area contributed by atoms with Gasteiger partial charge in [0.05, 0.1) is 25.5 Å². The number of anilines is 1. The van der Waals surface area contributed by atoms with Crippen molar-refractivity contribution in [2.24, 2.45) is 5.10 Å². The lowest BCUT2D eigenvalue weighted by atomic mass is 10.2. The maximum absolute atomic E-state index is 11.3. The van der Waals surface area contributed by atoms with Gasteiger partial charge in [-0.2, -0.15) is 5.10 Å². The van der Waals surface area contributed by atoms with E-state index in [9.17, 15) is 4.79 Å². The molecule has 0 radical (unpaired) electrons. The molecule has 7 nitrogen and oxygen atoms in total. The van der Waals surface area contributed by atoms with Gasteiger partial charge in [-0.3, -0.25) is 9.78 Å². The van der Waals surface area contributed by atoms with Crippen LogP contribution in [0.4, 0.5) is 5.95 Å². The zero-order chi connectivity index (χ0) is 16.1. The second-order valence-corrected chi connectivity index (χ2v) is 4.75. The van der Waals surface area contributed by atoms with E-state index in [4.69, 9.17) is 21.1 Å². The highest BCUT2D eigenvalue weighted by molar-refractivity contribution is 6.32. The first-order valence-electron chi connectivity index (χ1n) is 6.32. The molecule has 116 valence electrons. The van der Waals surface area contributed by atoms with E-state index >= 15 is 0 Å². The van der Waals surface area contributed by atoms with E-state index in [-0.39, 0.29) is 11.5 Å². The van der Waals surface area contributed by atoms with Crippen LogP contribution in [0.15, 0.2) is 28.1 Å². The molecule has 1 aromatic heterocycles. The first kappa shape index (κ1) is 15.8. The van der Waals surface area contributed by atoms with Crippen molar-refractivity contribution in [1.29, 1.82) is 0 Å². The summed E-state index contributed by atoms with van der Waals surface area (Å²) in [5.74, 6) is 1.21. The zero-order valence-electron chi connectivity index (χ0n) is 12.3. The average Bonchev–Trinajstić information content (AvgIpc) is 2.45. The van der Waals surface area contributed by atoms with Crippen LogP contribution in [0.5, 0.6) is 11.5 Å². The number of rotatable bonds is 5.